The Bertz CT molecular complexity index is 1220. The third-order valence-electron chi connectivity index (χ3n) is 5.44. The normalized spacial score (nSPS) is 10.9. The topological polar surface area (TPSA) is 47.4 Å². The lowest BCUT2D eigenvalue weighted by molar-refractivity contribution is 0.0785. The molecule has 0 N–H and O–H groups in total. The fourth-order valence-electron chi connectivity index (χ4n) is 3.76. The number of hydrogen-bond donors (Lipinski definition) is 0. The lowest BCUT2D eigenvalue weighted by atomic mass is 10.1. The highest BCUT2D eigenvalue weighted by atomic mass is 35.5. The second kappa shape index (κ2) is 10.5. The van der Waals surface area contributed by atoms with Gasteiger partial charge in [0.2, 0.25) is 0 Å². The van der Waals surface area contributed by atoms with E-state index in [-0.39, 0.29) is 5.91 Å². The largest absolute Gasteiger partial charge is 0.380 e. The van der Waals surface area contributed by atoms with Crippen molar-refractivity contribution in [2.45, 2.75) is 19.7 Å². The van der Waals surface area contributed by atoms with E-state index in [1.807, 2.05) is 96.8 Å². The van der Waals surface area contributed by atoms with Gasteiger partial charge in [0.05, 0.1) is 18.8 Å². The van der Waals surface area contributed by atoms with Crippen LogP contribution in [-0.2, 0) is 24.4 Å². The molecular formula is C27H26ClN3O2. The van der Waals surface area contributed by atoms with Crippen molar-refractivity contribution in [3.63, 3.8) is 0 Å². The highest BCUT2D eigenvalue weighted by Gasteiger charge is 2.18. The number of aromatic nitrogens is 2. The molecule has 0 saturated heterocycles. The van der Waals surface area contributed by atoms with E-state index in [2.05, 4.69) is 0 Å². The third kappa shape index (κ3) is 5.51. The molecule has 0 atom stereocenters. The molecular weight excluding hydrogens is 434 g/mol. The first-order valence-electron chi connectivity index (χ1n) is 10.7. The van der Waals surface area contributed by atoms with Gasteiger partial charge in [0.1, 0.15) is 0 Å². The number of amides is 1. The van der Waals surface area contributed by atoms with Gasteiger partial charge >= 0.3 is 0 Å². The number of methoxy groups -OCH3 is 1. The highest BCUT2D eigenvalue weighted by molar-refractivity contribution is 6.31. The molecule has 6 heteroatoms. The molecule has 1 amide bonds. The Labute approximate surface area is 199 Å². The molecule has 0 spiro atoms. The standard InChI is InChI=1S/C27H26ClN3O2/c1-30(27(32)22-14-12-20(13-15-22)19-33-2)16-24-18-31(17-23-10-6-7-11-25(23)28)29-26(24)21-8-4-3-5-9-21/h3-15,18H,16-17,19H2,1-2H3. The van der Waals surface area contributed by atoms with Crippen molar-refractivity contribution >= 4 is 17.5 Å². The van der Waals surface area contributed by atoms with Crippen LogP contribution in [0.5, 0.6) is 0 Å². The predicted molar refractivity (Wildman–Crippen MR) is 131 cm³/mol. The predicted octanol–water partition coefficient (Wildman–Crippen LogP) is 5.67. The second-order valence-corrected chi connectivity index (χ2v) is 8.36. The first-order chi connectivity index (χ1) is 16.0. The van der Waals surface area contributed by atoms with Crippen LogP contribution in [-0.4, -0.2) is 34.7 Å². The fraction of sp³-hybridized carbons (Fsp3) is 0.185. The smallest absolute Gasteiger partial charge is 0.253 e. The molecule has 0 aliphatic heterocycles. The van der Waals surface area contributed by atoms with Gasteiger partial charge in [0.15, 0.2) is 0 Å². The molecule has 0 fully saturated rings. The minimum atomic E-state index is -0.0446. The van der Waals surface area contributed by atoms with Crippen LogP contribution in [0.2, 0.25) is 5.02 Å². The summed E-state index contributed by atoms with van der Waals surface area (Å²) in [5, 5.41) is 5.55. The number of rotatable bonds is 8. The quantitative estimate of drug-likeness (QED) is 0.341. The summed E-state index contributed by atoms with van der Waals surface area (Å²) in [5.41, 5.74) is 5.51. The molecule has 0 unspecified atom stereocenters. The molecule has 0 aliphatic carbocycles. The summed E-state index contributed by atoms with van der Waals surface area (Å²) in [4.78, 5) is 14.8. The zero-order valence-electron chi connectivity index (χ0n) is 18.7. The number of hydrogen-bond acceptors (Lipinski definition) is 3. The summed E-state index contributed by atoms with van der Waals surface area (Å²) in [5.74, 6) is -0.0446. The summed E-state index contributed by atoms with van der Waals surface area (Å²) in [6.07, 6.45) is 2.00. The summed E-state index contributed by atoms with van der Waals surface area (Å²) in [6, 6.07) is 25.3. The molecule has 1 heterocycles. The van der Waals surface area contributed by atoms with Crippen molar-refractivity contribution in [3.05, 3.63) is 112 Å². The van der Waals surface area contributed by atoms with Gasteiger partial charge < -0.3 is 9.64 Å². The van der Waals surface area contributed by atoms with E-state index in [0.717, 1.165) is 27.9 Å². The number of nitrogens with zero attached hydrogens (tertiary/aromatic N) is 3. The lowest BCUT2D eigenvalue weighted by Gasteiger charge is -2.17. The maximum absolute atomic E-state index is 13.1. The maximum atomic E-state index is 13.1. The molecule has 33 heavy (non-hydrogen) atoms. The molecule has 0 radical (unpaired) electrons. The van der Waals surface area contributed by atoms with E-state index in [1.54, 1.807) is 12.0 Å². The van der Waals surface area contributed by atoms with Crippen LogP contribution in [0.3, 0.4) is 0 Å². The molecule has 168 valence electrons. The van der Waals surface area contributed by atoms with Crippen LogP contribution in [0.15, 0.2) is 85.1 Å². The SMILES string of the molecule is COCc1ccc(C(=O)N(C)Cc2cn(Cc3ccccc3Cl)nc2-c2ccccc2)cc1. The maximum Gasteiger partial charge on any atom is 0.253 e. The summed E-state index contributed by atoms with van der Waals surface area (Å²) >= 11 is 6.36. The average molecular weight is 460 g/mol. The van der Waals surface area contributed by atoms with Crippen LogP contribution in [0.1, 0.15) is 27.0 Å². The molecule has 4 aromatic rings. The number of halogens is 1. The summed E-state index contributed by atoms with van der Waals surface area (Å²) < 4.78 is 7.03. The Morgan fingerprint density at radius 1 is 0.970 bits per heavy atom. The van der Waals surface area contributed by atoms with Gasteiger partial charge in [-0.15, -0.1) is 0 Å². The molecule has 0 bridgehead atoms. The molecule has 5 nitrogen and oxygen atoms in total. The Hall–Kier alpha value is -3.41. The van der Waals surface area contributed by atoms with Crippen LogP contribution in [0.25, 0.3) is 11.3 Å². The van der Waals surface area contributed by atoms with E-state index in [4.69, 9.17) is 21.4 Å². The van der Waals surface area contributed by atoms with E-state index in [9.17, 15) is 4.79 Å². The number of carbonyl (C=O) groups is 1. The number of benzene rings is 3. The molecule has 4 rings (SSSR count). The molecule has 3 aromatic carbocycles. The van der Waals surface area contributed by atoms with Gasteiger partial charge in [0.25, 0.3) is 5.91 Å². The van der Waals surface area contributed by atoms with E-state index in [1.165, 1.54) is 0 Å². The first kappa shape index (κ1) is 22.8. The van der Waals surface area contributed by atoms with Gasteiger partial charge in [0, 0.05) is 48.6 Å². The second-order valence-electron chi connectivity index (χ2n) is 7.95. The number of carbonyl (C=O) groups excluding carboxylic acids is 1. The van der Waals surface area contributed by atoms with Gasteiger partial charge in [-0.25, -0.2) is 0 Å². The summed E-state index contributed by atoms with van der Waals surface area (Å²) in [6.45, 7) is 1.51. The highest BCUT2D eigenvalue weighted by Crippen LogP contribution is 2.25. The van der Waals surface area contributed by atoms with Gasteiger partial charge in [-0.05, 0) is 29.3 Å². The zero-order chi connectivity index (χ0) is 23.2. The molecule has 1 aromatic heterocycles. The minimum Gasteiger partial charge on any atom is -0.380 e. The summed E-state index contributed by atoms with van der Waals surface area (Å²) in [7, 11) is 3.47. The van der Waals surface area contributed by atoms with Crippen LogP contribution < -0.4 is 0 Å². The van der Waals surface area contributed by atoms with E-state index in [0.29, 0.717) is 30.3 Å². The first-order valence-corrected chi connectivity index (χ1v) is 11.1. The third-order valence-corrected chi connectivity index (χ3v) is 5.81. The van der Waals surface area contributed by atoms with E-state index < -0.39 is 0 Å². The Kier molecular flexibility index (Phi) is 7.23. The van der Waals surface area contributed by atoms with Crippen molar-refractivity contribution in [2.75, 3.05) is 14.2 Å². The van der Waals surface area contributed by atoms with Crippen molar-refractivity contribution < 1.29 is 9.53 Å². The van der Waals surface area contributed by atoms with Crippen molar-refractivity contribution in [1.82, 2.24) is 14.7 Å². The fourth-order valence-corrected chi connectivity index (χ4v) is 3.95. The van der Waals surface area contributed by atoms with Crippen LogP contribution >= 0.6 is 11.6 Å². The average Bonchev–Trinajstić information content (AvgIpc) is 3.23. The van der Waals surface area contributed by atoms with Crippen LogP contribution in [0.4, 0.5) is 0 Å². The van der Waals surface area contributed by atoms with Crippen molar-refractivity contribution in [3.8, 4) is 11.3 Å². The molecule has 0 saturated carbocycles. The van der Waals surface area contributed by atoms with Gasteiger partial charge in [-0.3, -0.25) is 9.48 Å². The van der Waals surface area contributed by atoms with E-state index >= 15 is 0 Å². The van der Waals surface area contributed by atoms with Crippen molar-refractivity contribution in [2.24, 2.45) is 0 Å². The van der Waals surface area contributed by atoms with Crippen LogP contribution in [0, 0.1) is 0 Å². The lowest BCUT2D eigenvalue weighted by Crippen LogP contribution is -2.26. The Balaban J connectivity index is 1.59. The monoisotopic (exact) mass is 459 g/mol. The number of ether oxygens (including phenoxy) is 1. The minimum absolute atomic E-state index is 0.0446. The van der Waals surface area contributed by atoms with Gasteiger partial charge in [-0.1, -0.05) is 72.3 Å². The molecule has 0 aliphatic rings. The Morgan fingerprint density at radius 2 is 1.67 bits per heavy atom. The Morgan fingerprint density at radius 3 is 2.36 bits per heavy atom. The van der Waals surface area contributed by atoms with Crippen molar-refractivity contribution in [1.29, 1.82) is 0 Å². The zero-order valence-corrected chi connectivity index (χ0v) is 19.5. The van der Waals surface area contributed by atoms with Gasteiger partial charge in [-0.2, -0.15) is 5.10 Å².